The van der Waals surface area contributed by atoms with Crippen LogP contribution in [0.3, 0.4) is 0 Å². The number of rotatable bonds is 6. The molecule has 0 atom stereocenters. The van der Waals surface area contributed by atoms with Crippen LogP contribution in [-0.2, 0) is 13.1 Å². The number of imidazole rings is 1. The Bertz CT molecular complexity index is 1260. The highest BCUT2D eigenvalue weighted by Crippen LogP contribution is 2.28. The molecule has 1 amide bonds. The van der Waals surface area contributed by atoms with Crippen LogP contribution in [0, 0.1) is 5.82 Å². The Balaban J connectivity index is 1.65. The van der Waals surface area contributed by atoms with E-state index in [-0.39, 0.29) is 23.2 Å². The summed E-state index contributed by atoms with van der Waals surface area (Å²) in [5.41, 5.74) is 2.75. The molecule has 0 saturated carbocycles. The molecule has 0 aliphatic carbocycles. The van der Waals surface area contributed by atoms with Crippen molar-refractivity contribution in [1.29, 1.82) is 0 Å². The fraction of sp³-hybridized carbons (Fsp3) is 0.0870. The summed E-state index contributed by atoms with van der Waals surface area (Å²) in [6, 6.07) is 12.6. The summed E-state index contributed by atoms with van der Waals surface area (Å²) in [6.07, 6.45) is 5.16. The van der Waals surface area contributed by atoms with E-state index in [1.54, 1.807) is 36.8 Å². The molecule has 0 spiro atoms. The Kier molecular flexibility index (Phi) is 6.74. The molecule has 32 heavy (non-hydrogen) atoms. The molecule has 0 radical (unpaired) electrons. The SMILES string of the molecule is O=C(NCc1cc(Cl)cc(Cl)c1)c1cc(Cn2ccnc2)cc(-c2ccc(F)cc2Cl)n1. The van der Waals surface area contributed by atoms with Crippen LogP contribution in [0.1, 0.15) is 21.6 Å². The minimum Gasteiger partial charge on any atom is -0.347 e. The van der Waals surface area contributed by atoms with E-state index in [4.69, 9.17) is 34.8 Å². The van der Waals surface area contributed by atoms with Gasteiger partial charge in [-0.3, -0.25) is 4.79 Å². The van der Waals surface area contributed by atoms with Gasteiger partial charge in [-0.15, -0.1) is 0 Å². The number of nitrogens with zero attached hydrogens (tertiary/aromatic N) is 3. The van der Waals surface area contributed by atoms with Gasteiger partial charge in [0.1, 0.15) is 11.5 Å². The summed E-state index contributed by atoms with van der Waals surface area (Å²) in [5.74, 6) is -0.834. The summed E-state index contributed by atoms with van der Waals surface area (Å²) >= 11 is 18.3. The summed E-state index contributed by atoms with van der Waals surface area (Å²) in [6.45, 7) is 0.692. The fourth-order valence-electron chi connectivity index (χ4n) is 3.21. The Morgan fingerprint density at radius 3 is 2.47 bits per heavy atom. The summed E-state index contributed by atoms with van der Waals surface area (Å²) in [4.78, 5) is 21.4. The molecule has 9 heteroatoms. The first-order valence-corrected chi connectivity index (χ1v) is 10.7. The van der Waals surface area contributed by atoms with Gasteiger partial charge in [0, 0.05) is 41.1 Å². The average molecular weight is 490 g/mol. The lowest BCUT2D eigenvalue weighted by atomic mass is 10.1. The largest absolute Gasteiger partial charge is 0.347 e. The number of carbonyl (C=O) groups is 1. The zero-order valence-electron chi connectivity index (χ0n) is 16.5. The van der Waals surface area contributed by atoms with Gasteiger partial charge in [0.05, 0.1) is 17.0 Å². The van der Waals surface area contributed by atoms with Crippen molar-refractivity contribution < 1.29 is 9.18 Å². The van der Waals surface area contributed by atoms with Crippen molar-refractivity contribution in [2.45, 2.75) is 13.1 Å². The van der Waals surface area contributed by atoms with E-state index in [2.05, 4.69) is 15.3 Å². The predicted octanol–water partition coefficient (Wildman–Crippen LogP) is 6.02. The number of amides is 1. The van der Waals surface area contributed by atoms with Gasteiger partial charge < -0.3 is 9.88 Å². The van der Waals surface area contributed by atoms with Crippen molar-refractivity contribution in [2.75, 3.05) is 0 Å². The number of hydrogen-bond acceptors (Lipinski definition) is 3. The van der Waals surface area contributed by atoms with Crippen LogP contribution < -0.4 is 5.32 Å². The molecule has 162 valence electrons. The number of aromatic nitrogens is 3. The number of carbonyl (C=O) groups excluding carboxylic acids is 1. The van der Waals surface area contributed by atoms with Crippen molar-refractivity contribution in [2.24, 2.45) is 0 Å². The normalized spacial score (nSPS) is 10.9. The highest BCUT2D eigenvalue weighted by Gasteiger charge is 2.14. The molecule has 0 unspecified atom stereocenters. The minimum atomic E-state index is -0.452. The van der Waals surface area contributed by atoms with Crippen molar-refractivity contribution in [3.05, 3.63) is 105 Å². The van der Waals surface area contributed by atoms with Gasteiger partial charge in [-0.05, 0) is 59.7 Å². The summed E-state index contributed by atoms with van der Waals surface area (Å²) < 4.78 is 15.4. The maximum absolute atomic E-state index is 13.5. The van der Waals surface area contributed by atoms with E-state index < -0.39 is 5.82 Å². The molecule has 4 aromatic rings. The van der Waals surface area contributed by atoms with Crippen molar-refractivity contribution in [1.82, 2.24) is 19.9 Å². The summed E-state index contributed by atoms with van der Waals surface area (Å²) in [5, 5.41) is 4.00. The van der Waals surface area contributed by atoms with Gasteiger partial charge in [0.25, 0.3) is 5.91 Å². The molecule has 0 aliphatic rings. The molecule has 4 rings (SSSR count). The second-order valence-electron chi connectivity index (χ2n) is 7.07. The Hall–Kier alpha value is -2.93. The molecule has 0 aliphatic heterocycles. The maximum atomic E-state index is 13.5. The third-order valence-electron chi connectivity index (χ3n) is 4.62. The molecular weight excluding hydrogens is 474 g/mol. The Morgan fingerprint density at radius 2 is 1.78 bits per heavy atom. The zero-order valence-corrected chi connectivity index (χ0v) is 18.8. The first-order valence-electron chi connectivity index (χ1n) is 9.53. The van der Waals surface area contributed by atoms with Gasteiger partial charge in [-0.2, -0.15) is 0 Å². The smallest absolute Gasteiger partial charge is 0.270 e. The lowest BCUT2D eigenvalue weighted by Gasteiger charge is -2.12. The molecule has 2 aromatic heterocycles. The molecular formula is C23H16Cl3FN4O. The van der Waals surface area contributed by atoms with Crippen LogP contribution in [0.2, 0.25) is 15.1 Å². The topological polar surface area (TPSA) is 59.8 Å². The Morgan fingerprint density at radius 1 is 1.00 bits per heavy atom. The standard InChI is InChI=1S/C23H16Cl3FN4O/c24-16-5-14(6-17(25)9-16)11-29-23(32)22-8-15(12-31-4-3-28-13-31)7-21(30-22)19-2-1-18(27)10-20(19)26/h1-10,13H,11-12H2,(H,29,32). The second-order valence-corrected chi connectivity index (χ2v) is 8.35. The van der Waals surface area contributed by atoms with E-state index in [9.17, 15) is 9.18 Å². The van der Waals surface area contributed by atoms with E-state index in [0.717, 1.165) is 11.1 Å². The second kappa shape index (κ2) is 9.69. The number of benzene rings is 2. The van der Waals surface area contributed by atoms with E-state index in [1.165, 1.54) is 18.2 Å². The lowest BCUT2D eigenvalue weighted by molar-refractivity contribution is 0.0946. The third kappa shape index (κ3) is 5.46. The Labute approximate surface area is 198 Å². The van der Waals surface area contributed by atoms with Crippen LogP contribution in [0.25, 0.3) is 11.3 Å². The number of hydrogen-bond donors (Lipinski definition) is 1. The zero-order chi connectivity index (χ0) is 22.7. The average Bonchev–Trinajstić information content (AvgIpc) is 3.24. The molecule has 0 saturated heterocycles. The van der Waals surface area contributed by atoms with Crippen LogP contribution in [0.4, 0.5) is 4.39 Å². The third-order valence-corrected chi connectivity index (χ3v) is 5.37. The number of nitrogens with one attached hydrogen (secondary N) is 1. The van der Waals surface area contributed by atoms with Gasteiger partial charge in [0.2, 0.25) is 0 Å². The molecule has 1 N–H and O–H groups in total. The molecule has 2 aromatic carbocycles. The van der Waals surface area contributed by atoms with E-state index >= 15 is 0 Å². The van der Waals surface area contributed by atoms with Gasteiger partial charge >= 0.3 is 0 Å². The van der Waals surface area contributed by atoms with Crippen LogP contribution in [-0.4, -0.2) is 20.4 Å². The predicted molar refractivity (Wildman–Crippen MR) is 124 cm³/mol. The first-order chi connectivity index (χ1) is 15.4. The van der Waals surface area contributed by atoms with Crippen LogP contribution >= 0.6 is 34.8 Å². The maximum Gasteiger partial charge on any atom is 0.270 e. The highest BCUT2D eigenvalue weighted by molar-refractivity contribution is 6.34. The van der Waals surface area contributed by atoms with Crippen molar-refractivity contribution in [3.8, 4) is 11.3 Å². The number of halogens is 4. The quantitative estimate of drug-likeness (QED) is 0.360. The van der Waals surface area contributed by atoms with Gasteiger partial charge in [-0.1, -0.05) is 34.8 Å². The lowest BCUT2D eigenvalue weighted by Crippen LogP contribution is -2.24. The van der Waals surface area contributed by atoms with Crippen LogP contribution in [0.5, 0.6) is 0 Å². The van der Waals surface area contributed by atoms with Crippen LogP contribution in [0.15, 0.2) is 67.3 Å². The monoisotopic (exact) mass is 488 g/mol. The van der Waals surface area contributed by atoms with Gasteiger partial charge in [0.15, 0.2) is 0 Å². The highest BCUT2D eigenvalue weighted by atomic mass is 35.5. The molecule has 0 bridgehead atoms. The van der Waals surface area contributed by atoms with Gasteiger partial charge in [-0.25, -0.2) is 14.4 Å². The molecule has 5 nitrogen and oxygen atoms in total. The van der Waals surface area contributed by atoms with E-state index in [1.807, 2.05) is 16.8 Å². The van der Waals surface area contributed by atoms with Crippen molar-refractivity contribution >= 4 is 40.7 Å². The molecule has 2 heterocycles. The first kappa shape index (κ1) is 22.3. The number of pyridine rings is 1. The fourth-order valence-corrected chi connectivity index (χ4v) is 4.04. The molecule has 0 fully saturated rings. The van der Waals surface area contributed by atoms with Crippen molar-refractivity contribution in [3.63, 3.8) is 0 Å². The summed E-state index contributed by atoms with van der Waals surface area (Å²) in [7, 11) is 0. The van der Waals surface area contributed by atoms with E-state index in [0.29, 0.717) is 27.8 Å². The minimum absolute atomic E-state index is 0.200.